The highest BCUT2D eigenvalue weighted by atomic mass is 35.5. The smallest absolute Gasteiger partial charge is 0.422 e. The topological polar surface area (TPSA) is 87.1 Å². The maximum absolute atomic E-state index is 14.5. The number of aromatic carboxylic acids is 1. The van der Waals surface area contributed by atoms with Crippen molar-refractivity contribution < 1.29 is 42.1 Å². The Kier molecular flexibility index (Phi) is 6.68. The summed E-state index contributed by atoms with van der Waals surface area (Å²) >= 11 is 6.36. The number of rotatable bonds is 5. The minimum absolute atomic E-state index is 0.0359. The lowest BCUT2D eigenvalue weighted by Crippen LogP contribution is -2.47. The molecular formula is C26H20ClF4NO5. The van der Waals surface area contributed by atoms with Gasteiger partial charge >= 0.3 is 12.1 Å². The first kappa shape index (κ1) is 26.4. The van der Waals surface area contributed by atoms with Crippen molar-refractivity contribution in [1.82, 2.24) is 0 Å². The fourth-order valence-electron chi connectivity index (χ4n) is 4.32. The van der Waals surface area contributed by atoms with Crippen molar-refractivity contribution in [3.05, 3.63) is 82.1 Å². The Morgan fingerprint density at radius 3 is 2.32 bits per heavy atom. The van der Waals surface area contributed by atoms with E-state index >= 15 is 0 Å². The fraction of sp³-hybridized carbons (Fsp3) is 0.231. The van der Waals surface area contributed by atoms with Crippen molar-refractivity contribution in [2.75, 3.05) is 18.6 Å². The number of carbonyl (C=O) groups excluding carboxylic acids is 1. The molecule has 0 aromatic heterocycles. The molecule has 3 aromatic rings. The molecule has 3 aromatic carbocycles. The third-order valence-corrected chi connectivity index (χ3v) is 6.87. The highest BCUT2D eigenvalue weighted by Gasteiger charge is 2.59. The highest BCUT2D eigenvalue weighted by Crippen LogP contribution is 2.51. The second-order valence-corrected chi connectivity index (χ2v) is 9.05. The molecule has 11 heteroatoms. The number of nitrogens with zero attached hydrogens (tertiary/aromatic N) is 1. The van der Waals surface area contributed by atoms with E-state index in [1.807, 2.05) is 0 Å². The molecule has 0 saturated heterocycles. The number of amides is 1. The SMILES string of the molecule is C[C@H](c1ccc(-c2ccc(C(=O)O)c(F)c2)cc1Cl)[C@@](O)(c1ccc2c(c1)N(C)C(=O)CO2)C(F)(F)F. The Hall–Kier alpha value is -3.63. The van der Waals surface area contributed by atoms with Crippen LogP contribution in [0.2, 0.25) is 5.02 Å². The Balaban J connectivity index is 1.76. The number of ether oxygens (including phenoxy) is 1. The van der Waals surface area contributed by atoms with Crippen LogP contribution in [0.3, 0.4) is 0 Å². The summed E-state index contributed by atoms with van der Waals surface area (Å²) in [4.78, 5) is 24.2. The van der Waals surface area contributed by atoms with Gasteiger partial charge in [-0.3, -0.25) is 4.79 Å². The summed E-state index contributed by atoms with van der Waals surface area (Å²) < 4.78 is 62.8. The molecule has 1 amide bonds. The predicted octanol–water partition coefficient (Wildman–Crippen LogP) is 5.75. The molecule has 0 bridgehead atoms. The maximum atomic E-state index is 14.5. The molecule has 37 heavy (non-hydrogen) atoms. The van der Waals surface area contributed by atoms with Gasteiger partial charge < -0.3 is 19.8 Å². The number of aliphatic hydroxyl groups is 1. The normalized spacial score (nSPS) is 16.0. The lowest BCUT2D eigenvalue weighted by atomic mass is 9.77. The molecule has 0 aliphatic carbocycles. The van der Waals surface area contributed by atoms with Crippen LogP contribution in [0.15, 0.2) is 54.6 Å². The zero-order valence-corrected chi connectivity index (χ0v) is 20.2. The second kappa shape index (κ2) is 9.35. The van der Waals surface area contributed by atoms with E-state index < -0.39 is 46.5 Å². The van der Waals surface area contributed by atoms with Gasteiger partial charge in [0.1, 0.15) is 11.6 Å². The van der Waals surface area contributed by atoms with Gasteiger partial charge in [-0.25, -0.2) is 9.18 Å². The van der Waals surface area contributed by atoms with E-state index in [9.17, 15) is 32.3 Å². The average molecular weight is 538 g/mol. The Labute approximate surface area is 213 Å². The van der Waals surface area contributed by atoms with E-state index in [0.717, 1.165) is 29.2 Å². The minimum Gasteiger partial charge on any atom is -0.482 e. The summed E-state index contributed by atoms with van der Waals surface area (Å²) in [7, 11) is 1.39. The number of fused-ring (bicyclic) bond motifs is 1. The molecule has 1 heterocycles. The molecule has 0 fully saturated rings. The lowest BCUT2D eigenvalue weighted by molar-refractivity contribution is -0.274. The third kappa shape index (κ3) is 4.51. The Morgan fingerprint density at radius 2 is 1.73 bits per heavy atom. The second-order valence-electron chi connectivity index (χ2n) is 8.65. The number of carboxylic acids is 1. The molecule has 194 valence electrons. The van der Waals surface area contributed by atoms with E-state index in [4.69, 9.17) is 21.4 Å². The molecular weight excluding hydrogens is 518 g/mol. The molecule has 2 N–H and O–H groups in total. The van der Waals surface area contributed by atoms with Crippen LogP contribution in [0, 0.1) is 5.82 Å². The van der Waals surface area contributed by atoms with Gasteiger partial charge in [-0.05, 0) is 52.6 Å². The number of carboxylic acid groups (broad SMARTS) is 1. The summed E-state index contributed by atoms with van der Waals surface area (Å²) in [6.07, 6.45) is -5.14. The van der Waals surface area contributed by atoms with Crippen LogP contribution in [0.5, 0.6) is 5.75 Å². The number of anilines is 1. The van der Waals surface area contributed by atoms with Crippen LogP contribution in [-0.4, -0.2) is 41.9 Å². The van der Waals surface area contributed by atoms with Gasteiger partial charge in [-0.2, -0.15) is 13.2 Å². The summed E-state index contributed by atoms with van der Waals surface area (Å²) in [5.41, 5.74) is -3.80. The number of carbonyl (C=O) groups is 2. The Bertz CT molecular complexity index is 1410. The van der Waals surface area contributed by atoms with Gasteiger partial charge in [0.05, 0.1) is 11.3 Å². The standard InChI is InChI=1S/C26H20ClF4NO5/c1-13(17-6-3-14(9-19(17)27)15-4-7-18(24(34)35)20(28)10-15)25(36,26(29,30)31)16-5-8-22-21(11-16)32(2)23(33)12-37-22/h3-11,13,36H,12H2,1-2H3,(H,34,35)/t13-,25-/m1/s1. The fourth-order valence-corrected chi connectivity index (χ4v) is 4.66. The molecule has 0 saturated carbocycles. The summed E-state index contributed by atoms with van der Waals surface area (Å²) in [6, 6.07) is 10.8. The van der Waals surface area contributed by atoms with Crippen molar-refractivity contribution in [2.45, 2.75) is 24.6 Å². The van der Waals surface area contributed by atoms with Gasteiger partial charge in [-0.1, -0.05) is 42.8 Å². The number of halogens is 5. The first-order chi connectivity index (χ1) is 17.3. The minimum atomic E-state index is -5.14. The van der Waals surface area contributed by atoms with E-state index in [2.05, 4.69) is 0 Å². The van der Waals surface area contributed by atoms with Gasteiger partial charge in [0, 0.05) is 18.0 Å². The number of alkyl halides is 3. The van der Waals surface area contributed by atoms with Crippen molar-refractivity contribution in [3.8, 4) is 16.9 Å². The van der Waals surface area contributed by atoms with Crippen LogP contribution >= 0.6 is 11.6 Å². The summed E-state index contributed by atoms with van der Waals surface area (Å²) in [6.45, 7) is 0.911. The zero-order valence-electron chi connectivity index (χ0n) is 19.4. The zero-order chi connectivity index (χ0) is 27.3. The van der Waals surface area contributed by atoms with E-state index in [-0.39, 0.29) is 34.2 Å². The average Bonchev–Trinajstić information content (AvgIpc) is 2.84. The molecule has 1 aliphatic heterocycles. The summed E-state index contributed by atoms with van der Waals surface area (Å²) in [5.74, 6) is -4.29. The van der Waals surface area contributed by atoms with Crippen molar-refractivity contribution in [2.24, 2.45) is 0 Å². The molecule has 6 nitrogen and oxygen atoms in total. The number of hydrogen-bond donors (Lipinski definition) is 2. The summed E-state index contributed by atoms with van der Waals surface area (Å²) in [5, 5.41) is 20.1. The predicted molar refractivity (Wildman–Crippen MR) is 128 cm³/mol. The molecule has 0 unspecified atom stereocenters. The molecule has 2 atom stereocenters. The van der Waals surface area contributed by atoms with Crippen LogP contribution in [0.4, 0.5) is 23.2 Å². The maximum Gasteiger partial charge on any atom is 0.422 e. The van der Waals surface area contributed by atoms with Gasteiger partial charge in [-0.15, -0.1) is 0 Å². The first-order valence-corrected chi connectivity index (χ1v) is 11.3. The molecule has 1 aliphatic rings. The number of likely N-dealkylation sites (N-methyl/N-ethyl adjacent to an activating group) is 1. The van der Waals surface area contributed by atoms with Crippen LogP contribution in [0.1, 0.15) is 34.3 Å². The van der Waals surface area contributed by atoms with Gasteiger partial charge in [0.25, 0.3) is 5.91 Å². The van der Waals surface area contributed by atoms with Gasteiger partial charge in [0.15, 0.2) is 12.2 Å². The van der Waals surface area contributed by atoms with E-state index in [1.54, 1.807) is 0 Å². The van der Waals surface area contributed by atoms with Crippen molar-refractivity contribution in [3.63, 3.8) is 0 Å². The first-order valence-electron chi connectivity index (χ1n) is 10.9. The van der Waals surface area contributed by atoms with Crippen LogP contribution in [-0.2, 0) is 10.4 Å². The van der Waals surface area contributed by atoms with E-state index in [1.165, 1.54) is 44.3 Å². The Morgan fingerprint density at radius 1 is 1.08 bits per heavy atom. The molecule has 0 spiro atoms. The van der Waals surface area contributed by atoms with Crippen molar-refractivity contribution >= 4 is 29.2 Å². The number of hydrogen-bond acceptors (Lipinski definition) is 4. The van der Waals surface area contributed by atoms with Crippen molar-refractivity contribution in [1.29, 1.82) is 0 Å². The lowest BCUT2D eigenvalue weighted by Gasteiger charge is -2.38. The third-order valence-electron chi connectivity index (χ3n) is 6.54. The monoisotopic (exact) mass is 537 g/mol. The number of benzene rings is 3. The molecule has 4 rings (SSSR count). The van der Waals surface area contributed by atoms with Crippen LogP contribution < -0.4 is 9.64 Å². The van der Waals surface area contributed by atoms with Crippen LogP contribution in [0.25, 0.3) is 11.1 Å². The quantitative estimate of drug-likeness (QED) is 0.405. The largest absolute Gasteiger partial charge is 0.482 e. The molecule has 0 radical (unpaired) electrons. The van der Waals surface area contributed by atoms with E-state index in [0.29, 0.717) is 5.56 Å². The van der Waals surface area contributed by atoms with Gasteiger partial charge in [0.2, 0.25) is 0 Å². The highest BCUT2D eigenvalue weighted by molar-refractivity contribution is 6.31.